The average molecular weight is 275 g/mol. The minimum absolute atomic E-state index is 0.0427. The topological polar surface area (TPSA) is 61.7 Å². The van der Waals surface area contributed by atoms with Crippen LogP contribution in [-0.2, 0) is 19.9 Å². The van der Waals surface area contributed by atoms with Crippen molar-refractivity contribution < 1.29 is 0 Å². The van der Waals surface area contributed by atoms with Crippen molar-refractivity contribution in [3.63, 3.8) is 0 Å². The first-order valence-corrected chi connectivity index (χ1v) is 7.37. The summed E-state index contributed by atoms with van der Waals surface area (Å²) in [4.78, 5) is 0. The third kappa shape index (κ3) is 3.10. The molecule has 110 valence electrons. The predicted molar refractivity (Wildman–Crippen MR) is 80.4 cm³/mol. The Balaban J connectivity index is 2.11. The van der Waals surface area contributed by atoms with Gasteiger partial charge in [0.15, 0.2) is 0 Å². The zero-order valence-electron chi connectivity index (χ0n) is 12.9. The second-order valence-electron chi connectivity index (χ2n) is 5.41. The Labute approximate surface area is 120 Å². The van der Waals surface area contributed by atoms with Gasteiger partial charge in [0.2, 0.25) is 0 Å². The van der Waals surface area contributed by atoms with Gasteiger partial charge in [0.25, 0.3) is 0 Å². The molecular weight excluding hydrogens is 250 g/mol. The summed E-state index contributed by atoms with van der Waals surface area (Å²) in [5, 5.41) is 9.07. The monoisotopic (exact) mass is 275 g/mol. The number of aromatic nitrogens is 4. The van der Waals surface area contributed by atoms with Crippen molar-refractivity contribution in [2.75, 3.05) is 0 Å². The molecule has 0 amide bonds. The minimum Gasteiger partial charge on any atom is -0.324 e. The van der Waals surface area contributed by atoms with Gasteiger partial charge in [-0.2, -0.15) is 10.2 Å². The number of nitrogens with two attached hydrogens (primary N) is 1. The SMILES string of the molecule is CCc1nn(C)cc1C(N)Cc1ccn(C(C)CC)n1. The van der Waals surface area contributed by atoms with Crippen molar-refractivity contribution in [3.8, 4) is 0 Å². The lowest BCUT2D eigenvalue weighted by atomic mass is 10.0. The molecule has 2 rings (SSSR count). The molecule has 0 aromatic carbocycles. The quantitative estimate of drug-likeness (QED) is 0.880. The van der Waals surface area contributed by atoms with E-state index in [1.54, 1.807) is 0 Å². The van der Waals surface area contributed by atoms with Crippen molar-refractivity contribution in [3.05, 3.63) is 35.4 Å². The summed E-state index contributed by atoms with van der Waals surface area (Å²) in [6.45, 7) is 6.45. The zero-order valence-corrected chi connectivity index (χ0v) is 12.9. The van der Waals surface area contributed by atoms with Gasteiger partial charge in [-0.3, -0.25) is 9.36 Å². The fraction of sp³-hybridized carbons (Fsp3) is 0.600. The molecule has 2 atom stereocenters. The number of hydrogen-bond acceptors (Lipinski definition) is 3. The molecule has 0 bridgehead atoms. The Morgan fingerprint density at radius 2 is 2.05 bits per heavy atom. The van der Waals surface area contributed by atoms with Crippen LogP contribution in [0, 0.1) is 0 Å². The van der Waals surface area contributed by atoms with Gasteiger partial charge in [-0.05, 0) is 25.8 Å². The van der Waals surface area contributed by atoms with Crippen LogP contribution >= 0.6 is 0 Å². The summed E-state index contributed by atoms with van der Waals surface area (Å²) in [5.74, 6) is 0. The highest BCUT2D eigenvalue weighted by atomic mass is 15.3. The zero-order chi connectivity index (χ0) is 14.7. The molecule has 2 aromatic heterocycles. The van der Waals surface area contributed by atoms with Gasteiger partial charge in [0, 0.05) is 43.5 Å². The number of aryl methyl sites for hydroxylation is 2. The van der Waals surface area contributed by atoms with Crippen LogP contribution in [0.2, 0.25) is 0 Å². The van der Waals surface area contributed by atoms with Crippen LogP contribution in [0.4, 0.5) is 0 Å². The van der Waals surface area contributed by atoms with E-state index in [0.29, 0.717) is 6.04 Å². The van der Waals surface area contributed by atoms with E-state index in [0.717, 1.165) is 36.2 Å². The van der Waals surface area contributed by atoms with E-state index in [2.05, 4.69) is 37.0 Å². The van der Waals surface area contributed by atoms with Gasteiger partial charge in [-0.25, -0.2) is 0 Å². The number of hydrogen-bond donors (Lipinski definition) is 1. The normalized spacial score (nSPS) is 14.4. The van der Waals surface area contributed by atoms with Crippen molar-refractivity contribution in [1.29, 1.82) is 0 Å². The number of nitrogens with zero attached hydrogens (tertiary/aromatic N) is 4. The Morgan fingerprint density at radius 3 is 2.70 bits per heavy atom. The Kier molecular flexibility index (Phi) is 4.60. The van der Waals surface area contributed by atoms with Crippen molar-refractivity contribution in [2.45, 2.75) is 52.1 Å². The minimum atomic E-state index is -0.0427. The molecule has 2 unspecified atom stereocenters. The highest BCUT2D eigenvalue weighted by Gasteiger charge is 2.16. The van der Waals surface area contributed by atoms with E-state index in [1.165, 1.54) is 0 Å². The summed E-state index contributed by atoms with van der Waals surface area (Å²) < 4.78 is 3.86. The fourth-order valence-electron chi connectivity index (χ4n) is 2.39. The molecular formula is C15H25N5. The molecule has 0 radical (unpaired) electrons. The molecule has 5 heteroatoms. The van der Waals surface area contributed by atoms with Crippen LogP contribution in [0.3, 0.4) is 0 Å². The molecule has 2 N–H and O–H groups in total. The maximum Gasteiger partial charge on any atom is 0.0669 e. The lowest BCUT2D eigenvalue weighted by Crippen LogP contribution is -2.15. The lowest BCUT2D eigenvalue weighted by Gasteiger charge is -2.11. The van der Waals surface area contributed by atoms with E-state index < -0.39 is 0 Å². The van der Waals surface area contributed by atoms with Crippen LogP contribution in [0.1, 0.15) is 56.2 Å². The molecule has 0 saturated carbocycles. The molecule has 0 saturated heterocycles. The summed E-state index contributed by atoms with van der Waals surface area (Å²) in [7, 11) is 1.94. The lowest BCUT2D eigenvalue weighted by molar-refractivity contribution is 0.472. The molecule has 20 heavy (non-hydrogen) atoms. The molecule has 0 aliphatic carbocycles. The average Bonchev–Trinajstić information content (AvgIpc) is 3.04. The molecule has 5 nitrogen and oxygen atoms in total. The molecule has 2 aromatic rings. The largest absolute Gasteiger partial charge is 0.324 e. The van der Waals surface area contributed by atoms with Crippen molar-refractivity contribution >= 4 is 0 Å². The van der Waals surface area contributed by atoms with Crippen LogP contribution < -0.4 is 5.73 Å². The second kappa shape index (κ2) is 6.22. The molecule has 2 heterocycles. The van der Waals surface area contributed by atoms with Gasteiger partial charge in [-0.1, -0.05) is 13.8 Å². The molecule has 0 spiro atoms. The van der Waals surface area contributed by atoms with E-state index in [1.807, 2.05) is 28.8 Å². The Hall–Kier alpha value is -1.62. The van der Waals surface area contributed by atoms with Crippen LogP contribution in [0.5, 0.6) is 0 Å². The van der Waals surface area contributed by atoms with Gasteiger partial charge < -0.3 is 5.73 Å². The predicted octanol–water partition coefficient (Wildman–Crippen LogP) is 2.39. The highest BCUT2D eigenvalue weighted by Crippen LogP contribution is 2.19. The molecule has 0 aliphatic heterocycles. The van der Waals surface area contributed by atoms with E-state index in [-0.39, 0.29) is 6.04 Å². The maximum atomic E-state index is 6.33. The van der Waals surface area contributed by atoms with Crippen molar-refractivity contribution in [1.82, 2.24) is 19.6 Å². The first kappa shape index (κ1) is 14.8. The van der Waals surface area contributed by atoms with E-state index >= 15 is 0 Å². The first-order chi connectivity index (χ1) is 9.55. The summed E-state index contributed by atoms with van der Waals surface area (Å²) in [6, 6.07) is 2.46. The maximum absolute atomic E-state index is 6.33. The van der Waals surface area contributed by atoms with Gasteiger partial charge in [-0.15, -0.1) is 0 Å². The second-order valence-corrected chi connectivity index (χ2v) is 5.41. The summed E-state index contributed by atoms with van der Waals surface area (Å²) in [5.41, 5.74) is 9.59. The van der Waals surface area contributed by atoms with E-state index in [9.17, 15) is 0 Å². The Bertz CT molecular complexity index is 554. The third-order valence-corrected chi connectivity index (χ3v) is 3.81. The summed E-state index contributed by atoms with van der Waals surface area (Å²) in [6.07, 6.45) is 6.80. The first-order valence-electron chi connectivity index (χ1n) is 7.37. The van der Waals surface area contributed by atoms with Crippen LogP contribution in [0.15, 0.2) is 18.5 Å². The molecule has 0 fully saturated rings. The standard InChI is InChI=1S/C15H25N5/c1-5-11(3)20-8-7-12(17-20)9-14(16)13-10-19(4)18-15(13)6-2/h7-8,10-11,14H,5-6,9,16H2,1-4H3. The molecule has 0 aliphatic rings. The highest BCUT2D eigenvalue weighted by molar-refractivity contribution is 5.22. The van der Waals surface area contributed by atoms with Crippen molar-refractivity contribution in [2.24, 2.45) is 12.8 Å². The Morgan fingerprint density at radius 1 is 1.30 bits per heavy atom. The smallest absolute Gasteiger partial charge is 0.0669 e. The van der Waals surface area contributed by atoms with Gasteiger partial charge in [0.1, 0.15) is 0 Å². The van der Waals surface area contributed by atoms with Crippen LogP contribution in [-0.4, -0.2) is 19.6 Å². The van der Waals surface area contributed by atoms with Gasteiger partial charge >= 0.3 is 0 Å². The summed E-state index contributed by atoms with van der Waals surface area (Å²) >= 11 is 0. The number of rotatable bonds is 6. The van der Waals surface area contributed by atoms with Crippen LogP contribution in [0.25, 0.3) is 0 Å². The fourth-order valence-corrected chi connectivity index (χ4v) is 2.39. The van der Waals surface area contributed by atoms with Gasteiger partial charge in [0.05, 0.1) is 11.4 Å². The third-order valence-electron chi connectivity index (χ3n) is 3.81. The van der Waals surface area contributed by atoms with E-state index in [4.69, 9.17) is 5.73 Å².